The average Bonchev–Trinajstić information content (AvgIpc) is 2.65. The summed E-state index contributed by atoms with van der Waals surface area (Å²) in [6.45, 7) is 0. The van der Waals surface area contributed by atoms with Crippen LogP contribution < -0.4 is 5.32 Å². The zero-order valence-electron chi connectivity index (χ0n) is 9.26. The number of anilines is 1. The smallest absolute Gasteiger partial charge is 0.229 e. The highest BCUT2D eigenvalue weighted by molar-refractivity contribution is 9.10. The molecule has 1 atom stereocenters. The minimum absolute atomic E-state index is 0.0265. The first-order valence-corrected chi connectivity index (χ1v) is 7.85. The van der Waals surface area contributed by atoms with Gasteiger partial charge in [0.1, 0.15) is 0 Å². The van der Waals surface area contributed by atoms with Crippen molar-refractivity contribution in [1.82, 2.24) is 4.98 Å². The second-order valence-corrected chi connectivity index (χ2v) is 7.16. The molecule has 0 aromatic carbocycles. The number of pyridine rings is 1. The minimum Gasteiger partial charge on any atom is -0.503 e. The molecule has 1 aromatic heterocycles. The number of carbonyl (C=O) groups is 1. The molecule has 0 saturated carbocycles. The lowest BCUT2D eigenvalue weighted by Gasteiger charge is -2.10. The van der Waals surface area contributed by atoms with Gasteiger partial charge in [0, 0.05) is 6.20 Å². The predicted octanol–water partition coefficient (Wildman–Crippen LogP) is 0.923. The first-order chi connectivity index (χ1) is 8.39. The van der Waals surface area contributed by atoms with Crippen LogP contribution in [0.15, 0.2) is 16.7 Å². The van der Waals surface area contributed by atoms with E-state index in [2.05, 4.69) is 26.2 Å². The van der Waals surface area contributed by atoms with Gasteiger partial charge < -0.3 is 10.4 Å². The van der Waals surface area contributed by atoms with E-state index in [-0.39, 0.29) is 23.1 Å². The van der Waals surface area contributed by atoms with Crippen molar-refractivity contribution in [3.8, 4) is 5.75 Å². The Morgan fingerprint density at radius 2 is 2.28 bits per heavy atom. The number of halogens is 1. The number of amides is 1. The van der Waals surface area contributed by atoms with Crippen molar-refractivity contribution in [1.29, 1.82) is 0 Å². The molecule has 1 amide bonds. The van der Waals surface area contributed by atoms with Crippen LogP contribution in [0.2, 0.25) is 0 Å². The molecule has 1 aliphatic rings. The molecule has 18 heavy (non-hydrogen) atoms. The van der Waals surface area contributed by atoms with Gasteiger partial charge in [-0.25, -0.2) is 13.4 Å². The van der Waals surface area contributed by atoms with E-state index in [4.69, 9.17) is 0 Å². The highest BCUT2D eigenvalue weighted by Gasteiger charge is 2.33. The normalized spacial score (nSPS) is 21.7. The maximum Gasteiger partial charge on any atom is 0.229 e. The Morgan fingerprint density at radius 3 is 2.89 bits per heavy atom. The van der Waals surface area contributed by atoms with Crippen LogP contribution in [0.4, 0.5) is 5.82 Å². The van der Waals surface area contributed by atoms with E-state index in [9.17, 15) is 18.3 Å². The minimum atomic E-state index is -3.10. The van der Waals surface area contributed by atoms with Crippen molar-refractivity contribution in [2.24, 2.45) is 5.92 Å². The van der Waals surface area contributed by atoms with Crippen LogP contribution in [0.25, 0.3) is 0 Å². The monoisotopic (exact) mass is 334 g/mol. The largest absolute Gasteiger partial charge is 0.503 e. The Bertz CT molecular complexity index is 588. The maximum atomic E-state index is 11.8. The topological polar surface area (TPSA) is 96.4 Å². The van der Waals surface area contributed by atoms with Gasteiger partial charge in [-0.05, 0) is 28.4 Å². The van der Waals surface area contributed by atoms with Crippen LogP contribution in [0.3, 0.4) is 0 Å². The molecule has 1 aromatic rings. The number of carbonyl (C=O) groups excluding carboxylic acids is 1. The van der Waals surface area contributed by atoms with Gasteiger partial charge in [-0.2, -0.15) is 0 Å². The molecule has 2 rings (SSSR count). The van der Waals surface area contributed by atoms with Crippen LogP contribution >= 0.6 is 15.9 Å². The molecule has 2 heterocycles. The molecular weight excluding hydrogens is 324 g/mol. The Morgan fingerprint density at radius 1 is 1.56 bits per heavy atom. The Balaban J connectivity index is 2.11. The van der Waals surface area contributed by atoms with E-state index in [1.807, 2.05) is 0 Å². The molecule has 1 aliphatic heterocycles. The van der Waals surface area contributed by atoms with Crippen LogP contribution in [0, 0.1) is 5.92 Å². The molecule has 1 fully saturated rings. The van der Waals surface area contributed by atoms with Gasteiger partial charge in [0.05, 0.1) is 21.9 Å². The van der Waals surface area contributed by atoms with Crippen molar-refractivity contribution >= 4 is 37.5 Å². The number of nitrogens with zero attached hydrogens (tertiary/aromatic N) is 1. The SMILES string of the molecule is O=C(Nc1nccc(Br)c1O)C1CCS(=O)(=O)C1. The second kappa shape index (κ2) is 4.85. The van der Waals surface area contributed by atoms with Crippen LogP contribution in [-0.4, -0.2) is 35.9 Å². The fraction of sp³-hybridized carbons (Fsp3) is 0.400. The Hall–Kier alpha value is -1.15. The lowest BCUT2D eigenvalue weighted by Crippen LogP contribution is -2.24. The predicted molar refractivity (Wildman–Crippen MR) is 69.0 cm³/mol. The second-order valence-electron chi connectivity index (χ2n) is 4.08. The van der Waals surface area contributed by atoms with Gasteiger partial charge in [0.15, 0.2) is 21.4 Å². The molecule has 0 aliphatic carbocycles. The summed E-state index contributed by atoms with van der Waals surface area (Å²) in [7, 11) is -3.10. The number of rotatable bonds is 2. The molecule has 8 heteroatoms. The molecule has 1 saturated heterocycles. The summed E-state index contributed by atoms with van der Waals surface area (Å²) in [4.78, 5) is 15.6. The van der Waals surface area contributed by atoms with E-state index in [0.717, 1.165) is 0 Å². The van der Waals surface area contributed by atoms with Gasteiger partial charge in [-0.3, -0.25) is 4.79 Å². The van der Waals surface area contributed by atoms with Crippen molar-refractivity contribution in [3.05, 3.63) is 16.7 Å². The van der Waals surface area contributed by atoms with E-state index in [1.54, 1.807) is 0 Å². The Labute approximate surface area is 112 Å². The van der Waals surface area contributed by atoms with Crippen molar-refractivity contribution in [2.75, 3.05) is 16.8 Å². The summed E-state index contributed by atoms with van der Waals surface area (Å²) in [6, 6.07) is 1.53. The number of aromatic hydroxyl groups is 1. The third-order valence-corrected chi connectivity index (χ3v) is 5.13. The molecular formula is C10H11BrN2O4S. The quantitative estimate of drug-likeness (QED) is 0.838. The van der Waals surface area contributed by atoms with Crippen molar-refractivity contribution < 1.29 is 18.3 Å². The first kappa shape index (κ1) is 13.3. The fourth-order valence-corrected chi connectivity index (χ4v) is 3.79. The zero-order chi connectivity index (χ0) is 13.3. The van der Waals surface area contributed by atoms with Crippen molar-refractivity contribution in [3.63, 3.8) is 0 Å². The maximum absolute atomic E-state index is 11.8. The van der Waals surface area contributed by atoms with Gasteiger partial charge >= 0.3 is 0 Å². The molecule has 0 spiro atoms. The standard InChI is InChI=1S/C10H11BrN2O4S/c11-7-1-3-12-9(8(7)14)13-10(15)6-2-4-18(16,17)5-6/h1,3,6,14H,2,4-5H2,(H,12,13,15). The first-order valence-electron chi connectivity index (χ1n) is 5.24. The van der Waals surface area contributed by atoms with E-state index in [0.29, 0.717) is 10.9 Å². The summed E-state index contributed by atoms with van der Waals surface area (Å²) in [6.07, 6.45) is 1.73. The molecule has 98 valence electrons. The highest BCUT2D eigenvalue weighted by atomic mass is 79.9. The van der Waals surface area contributed by atoms with Crippen molar-refractivity contribution in [2.45, 2.75) is 6.42 Å². The van der Waals surface area contributed by atoms with Gasteiger partial charge in [0.25, 0.3) is 0 Å². The summed E-state index contributed by atoms with van der Waals surface area (Å²) in [5.41, 5.74) is 0. The lowest BCUT2D eigenvalue weighted by atomic mass is 10.1. The van der Waals surface area contributed by atoms with Gasteiger partial charge in [0.2, 0.25) is 5.91 Å². The van der Waals surface area contributed by atoms with Crippen LogP contribution in [0.1, 0.15) is 6.42 Å². The zero-order valence-corrected chi connectivity index (χ0v) is 11.7. The molecule has 2 N–H and O–H groups in total. The fourth-order valence-electron chi connectivity index (χ4n) is 1.74. The van der Waals surface area contributed by atoms with Crippen LogP contribution in [0.5, 0.6) is 5.75 Å². The van der Waals surface area contributed by atoms with Gasteiger partial charge in [-0.1, -0.05) is 0 Å². The average molecular weight is 335 g/mol. The number of hydrogen-bond donors (Lipinski definition) is 2. The lowest BCUT2D eigenvalue weighted by molar-refractivity contribution is -0.119. The third kappa shape index (κ3) is 2.81. The Kier molecular flexibility index (Phi) is 3.58. The van der Waals surface area contributed by atoms with Crippen LogP contribution in [-0.2, 0) is 14.6 Å². The number of sulfone groups is 1. The summed E-state index contributed by atoms with van der Waals surface area (Å²) >= 11 is 3.10. The molecule has 1 unspecified atom stereocenters. The number of aromatic nitrogens is 1. The summed E-state index contributed by atoms with van der Waals surface area (Å²) in [5.74, 6) is -1.27. The highest BCUT2D eigenvalue weighted by Crippen LogP contribution is 2.30. The number of nitrogens with one attached hydrogen (secondary N) is 1. The van der Waals surface area contributed by atoms with E-state index >= 15 is 0 Å². The van der Waals surface area contributed by atoms with E-state index < -0.39 is 21.7 Å². The van der Waals surface area contributed by atoms with Gasteiger partial charge in [-0.15, -0.1) is 0 Å². The molecule has 6 nitrogen and oxygen atoms in total. The molecule has 0 bridgehead atoms. The number of hydrogen-bond acceptors (Lipinski definition) is 5. The molecule has 0 radical (unpaired) electrons. The van der Waals surface area contributed by atoms with E-state index in [1.165, 1.54) is 12.3 Å². The summed E-state index contributed by atoms with van der Waals surface area (Å²) < 4.78 is 22.9. The third-order valence-electron chi connectivity index (χ3n) is 2.72. The summed E-state index contributed by atoms with van der Waals surface area (Å²) in [5, 5.41) is 12.1.